The van der Waals surface area contributed by atoms with Gasteiger partial charge < -0.3 is 10.6 Å². The van der Waals surface area contributed by atoms with Gasteiger partial charge in [0.15, 0.2) is 0 Å². The fourth-order valence-corrected chi connectivity index (χ4v) is 2.92. The molecule has 3 heteroatoms. The Hall–Kier alpha value is -1.48. The van der Waals surface area contributed by atoms with Crippen LogP contribution in [0.4, 0.5) is 11.4 Å². The first-order valence-corrected chi connectivity index (χ1v) is 7.68. The Morgan fingerprint density at radius 1 is 1.15 bits per heavy atom. The van der Waals surface area contributed by atoms with E-state index in [0.29, 0.717) is 0 Å². The highest BCUT2D eigenvalue weighted by atomic mass is 79.9. The van der Waals surface area contributed by atoms with Crippen LogP contribution in [0.15, 0.2) is 46.9 Å². The Labute approximate surface area is 129 Å². The van der Waals surface area contributed by atoms with E-state index in [1.54, 1.807) is 0 Å². The Balaban J connectivity index is 1.95. The number of hydrogen-bond acceptors (Lipinski definition) is 2. The highest BCUT2D eigenvalue weighted by molar-refractivity contribution is 9.10. The van der Waals surface area contributed by atoms with Crippen molar-refractivity contribution >= 4 is 27.3 Å². The van der Waals surface area contributed by atoms with Crippen molar-refractivity contribution in [3.05, 3.63) is 58.1 Å². The number of nitrogens with two attached hydrogens (primary N) is 1. The van der Waals surface area contributed by atoms with E-state index in [0.717, 1.165) is 35.1 Å². The molecule has 0 radical (unpaired) electrons. The lowest BCUT2D eigenvalue weighted by molar-refractivity contribution is 0.784. The molecule has 0 bridgehead atoms. The number of benzene rings is 2. The van der Waals surface area contributed by atoms with Gasteiger partial charge in [0, 0.05) is 23.8 Å². The third-order valence-corrected chi connectivity index (χ3v) is 4.18. The minimum absolute atomic E-state index is 0.832. The van der Waals surface area contributed by atoms with E-state index in [1.165, 1.54) is 11.3 Å². The lowest BCUT2D eigenvalue weighted by atomic mass is 10.1. The van der Waals surface area contributed by atoms with Crippen LogP contribution < -0.4 is 10.6 Å². The number of hydrogen-bond donors (Lipinski definition) is 1. The maximum absolute atomic E-state index is 5.92. The summed E-state index contributed by atoms with van der Waals surface area (Å²) in [7, 11) is 2.13. The lowest BCUT2D eigenvalue weighted by Crippen LogP contribution is -2.19. The molecular weight excluding hydrogens is 312 g/mol. The summed E-state index contributed by atoms with van der Waals surface area (Å²) in [6.07, 6.45) is 2.24. The van der Waals surface area contributed by atoms with E-state index >= 15 is 0 Å². The summed E-state index contributed by atoms with van der Waals surface area (Å²) in [4.78, 5) is 2.28. The van der Waals surface area contributed by atoms with Gasteiger partial charge in [-0.1, -0.05) is 30.3 Å². The van der Waals surface area contributed by atoms with Gasteiger partial charge in [0.25, 0.3) is 0 Å². The Bertz CT molecular complexity index is 567. The molecule has 0 aliphatic heterocycles. The van der Waals surface area contributed by atoms with Crippen molar-refractivity contribution in [2.24, 2.45) is 0 Å². The fraction of sp³-hybridized carbons (Fsp3) is 0.294. The molecule has 0 unspecified atom stereocenters. The Morgan fingerprint density at radius 2 is 1.85 bits per heavy atom. The Morgan fingerprint density at radius 3 is 2.55 bits per heavy atom. The van der Waals surface area contributed by atoms with Gasteiger partial charge in [0.2, 0.25) is 0 Å². The highest BCUT2D eigenvalue weighted by Gasteiger charge is 2.08. The van der Waals surface area contributed by atoms with Gasteiger partial charge in [0.05, 0.1) is 5.69 Å². The van der Waals surface area contributed by atoms with Crippen LogP contribution in [0.25, 0.3) is 0 Å². The highest BCUT2D eigenvalue weighted by Crippen LogP contribution is 2.30. The van der Waals surface area contributed by atoms with E-state index in [4.69, 9.17) is 5.73 Å². The number of halogens is 1. The predicted octanol–water partition coefficient (Wildman–Crippen LogP) is 4.41. The molecule has 0 fully saturated rings. The molecule has 0 atom stereocenters. The summed E-state index contributed by atoms with van der Waals surface area (Å²) in [6.45, 7) is 3.07. The van der Waals surface area contributed by atoms with Gasteiger partial charge in [-0.25, -0.2) is 0 Å². The first-order chi connectivity index (χ1) is 9.58. The number of aryl methyl sites for hydroxylation is 2. The van der Waals surface area contributed by atoms with Crippen LogP contribution in [0, 0.1) is 6.92 Å². The maximum atomic E-state index is 5.92. The second-order valence-corrected chi connectivity index (χ2v) is 6.03. The number of rotatable bonds is 5. The molecule has 0 heterocycles. The third-order valence-electron chi connectivity index (χ3n) is 3.55. The van der Waals surface area contributed by atoms with Crippen LogP contribution in [0.2, 0.25) is 0 Å². The average molecular weight is 333 g/mol. The standard InChI is InChI=1S/C17H21BrN2/c1-13-11-17(15(18)12-16(13)19)20(2)10-6-9-14-7-4-3-5-8-14/h3-5,7-8,11-12H,6,9-10,19H2,1-2H3. The minimum atomic E-state index is 0.832. The van der Waals surface area contributed by atoms with Gasteiger partial charge in [-0.15, -0.1) is 0 Å². The van der Waals surface area contributed by atoms with Crippen LogP contribution in [-0.4, -0.2) is 13.6 Å². The van der Waals surface area contributed by atoms with Crippen molar-refractivity contribution in [3.63, 3.8) is 0 Å². The molecule has 0 spiro atoms. The van der Waals surface area contributed by atoms with Crippen LogP contribution in [0.5, 0.6) is 0 Å². The molecule has 2 rings (SSSR count). The largest absolute Gasteiger partial charge is 0.398 e. The van der Waals surface area contributed by atoms with Gasteiger partial charge in [0.1, 0.15) is 0 Å². The van der Waals surface area contributed by atoms with Crippen LogP contribution in [0.1, 0.15) is 17.5 Å². The molecule has 0 amide bonds. The van der Waals surface area contributed by atoms with E-state index in [9.17, 15) is 0 Å². The molecule has 106 valence electrons. The fourth-order valence-electron chi connectivity index (χ4n) is 2.26. The molecule has 0 saturated carbocycles. The molecule has 2 nitrogen and oxygen atoms in total. The maximum Gasteiger partial charge on any atom is 0.0512 e. The van der Waals surface area contributed by atoms with Gasteiger partial charge in [-0.2, -0.15) is 0 Å². The smallest absolute Gasteiger partial charge is 0.0512 e. The number of nitrogens with zero attached hydrogens (tertiary/aromatic N) is 1. The van der Waals surface area contributed by atoms with Crippen molar-refractivity contribution in [3.8, 4) is 0 Å². The first-order valence-electron chi connectivity index (χ1n) is 6.88. The van der Waals surface area contributed by atoms with Crippen LogP contribution in [-0.2, 0) is 6.42 Å². The second-order valence-electron chi connectivity index (χ2n) is 5.17. The summed E-state index contributed by atoms with van der Waals surface area (Å²) < 4.78 is 1.06. The third kappa shape index (κ3) is 3.76. The zero-order valence-electron chi connectivity index (χ0n) is 12.1. The zero-order valence-corrected chi connectivity index (χ0v) is 13.7. The zero-order chi connectivity index (χ0) is 14.5. The molecule has 2 N–H and O–H groups in total. The number of anilines is 2. The quantitative estimate of drug-likeness (QED) is 0.822. The molecule has 2 aromatic carbocycles. The van der Waals surface area contributed by atoms with Crippen LogP contribution in [0.3, 0.4) is 0 Å². The predicted molar refractivity (Wildman–Crippen MR) is 91.3 cm³/mol. The molecule has 0 aromatic heterocycles. The molecule has 20 heavy (non-hydrogen) atoms. The summed E-state index contributed by atoms with van der Waals surface area (Å²) in [5, 5.41) is 0. The van der Waals surface area contributed by atoms with Crippen molar-refractivity contribution < 1.29 is 0 Å². The minimum Gasteiger partial charge on any atom is -0.398 e. The van der Waals surface area contributed by atoms with Gasteiger partial charge in [-0.3, -0.25) is 0 Å². The summed E-state index contributed by atoms with van der Waals surface area (Å²) in [5.74, 6) is 0. The normalized spacial score (nSPS) is 10.6. The van der Waals surface area contributed by atoms with Crippen molar-refractivity contribution in [2.45, 2.75) is 19.8 Å². The summed E-state index contributed by atoms with van der Waals surface area (Å²) >= 11 is 3.60. The molecule has 0 aliphatic carbocycles. The Kier molecular flexibility index (Phi) is 5.07. The average Bonchev–Trinajstić information content (AvgIpc) is 2.44. The number of nitrogen functional groups attached to an aromatic ring is 1. The van der Waals surface area contributed by atoms with E-state index in [-0.39, 0.29) is 0 Å². The first kappa shape index (κ1) is 14.9. The van der Waals surface area contributed by atoms with Crippen molar-refractivity contribution in [1.82, 2.24) is 0 Å². The lowest BCUT2D eigenvalue weighted by Gasteiger charge is -2.22. The SMILES string of the molecule is Cc1cc(N(C)CCCc2ccccc2)c(Br)cc1N. The van der Waals surface area contributed by atoms with Crippen molar-refractivity contribution in [2.75, 3.05) is 24.2 Å². The van der Waals surface area contributed by atoms with Gasteiger partial charge in [-0.05, 0) is 59.0 Å². The van der Waals surface area contributed by atoms with Gasteiger partial charge >= 0.3 is 0 Å². The summed E-state index contributed by atoms with van der Waals surface area (Å²) in [6, 6.07) is 14.7. The van der Waals surface area contributed by atoms with E-state index < -0.39 is 0 Å². The molecule has 0 aliphatic rings. The van der Waals surface area contributed by atoms with E-state index in [2.05, 4.69) is 64.3 Å². The van der Waals surface area contributed by atoms with Crippen molar-refractivity contribution in [1.29, 1.82) is 0 Å². The monoisotopic (exact) mass is 332 g/mol. The molecule has 0 saturated heterocycles. The molecular formula is C17H21BrN2. The second kappa shape index (κ2) is 6.80. The van der Waals surface area contributed by atoms with E-state index in [1.807, 2.05) is 13.0 Å². The summed E-state index contributed by atoms with van der Waals surface area (Å²) in [5.41, 5.74) is 10.5. The van der Waals surface area contributed by atoms with Crippen LogP contribution >= 0.6 is 15.9 Å². The topological polar surface area (TPSA) is 29.3 Å². The molecule has 2 aromatic rings.